The van der Waals surface area contributed by atoms with Crippen molar-refractivity contribution in [2.75, 3.05) is 14.2 Å². The Balaban J connectivity index is 1.53. The maximum absolute atomic E-state index is 13.2. The van der Waals surface area contributed by atoms with Gasteiger partial charge in [-0.05, 0) is 42.0 Å². The number of benzene rings is 4. The van der Waals surface area contributed by atoms with Crippen molar-refractivity contribution < 1.29 is 43.8 Å². The molecule has 1 aliphatic rings. The molecule has 0 amide bonds. The number of methoxy groups -OCH3 is 2. The summed E-state index contributed by atoms with van der Waals surface area (Å²) in [5.74, 6) is -0.492. The first kappa shape index (κ1) is 26.6. The van der Waals surface area contributed by atoms with E-state index in [1.165, 1.54) is 44.6 Å². The van der Waals surface area contributed by atoms with Crippen molar-refractivity contribution in [3.63, 3.8) is 0 Å². The van der Waals surface area contributed by atoms with E-state index >= 15 is 0 Å². The molecule has 0 saturated carbocycles. The highest BCUT2D eigenvalue weighted by molar-refractivity contribution is 6.03. The summed E-state index contributed by atoms with van der Waals surface area (Å²) >= 11 is 0. The Morgan fingerprint density at radius 1 is 0.786 bits per heavy atom. The number of ether oxygens (including phenoxy) is 3. The van der Waals surface area contributed by atoms with Gasteiger partial charge in [-0.15, -0.1) is 0 Å². The third-order valence-electron chi connectivity index (χ3n) is 7.19. The minimum atomic E-state index is -0.772. The molecule has 212 valence electrons. The largest absolute Gasteiger partial charge is 0.508 e. The van der Waals surface area contributed by atoms with Gasteiger partial charge in [0, 0.05) is 35.4 Å². The Morgan fingerprint density at radius 3 is 2.24 bits per heavy atom. The monoisotopic (exact) mass is 568 g/mol. The number of phenols is 4. The van der Waals surface area contributed by atoms with Crippen molar-refractivity contribution >= 4 is 16.8 Å². The van der Waals surface area contributed by atoms with Crippen molar-refractivity contribution in [1.82, 2.24) is 0 Å². The number of aromatic hydroxyl groups is 4. The Labute approximate surface area is 238 Å². The van der Waals surface area contributed by atoms with Crippen LogP contribution in [0.1, 0.15) is 28.4 Å². The highest BCUT2D eigenvalue weighted by atomic mass is 16.5. The van der Waals surface area contributed by atoms with Gasteiger partial charge in [0.05, 0.1) is 26.2 Å². The maximum Gasteiger partial charge on any atom is 0.197 e. The minimum Gasteiger partial charge on any atom is -0.508 e. The van der Waals surface area contributed by atoms with Crippen LogP contribution in [0.15, 0.2) is 75.9 Å². The number of ketones is 1. The number of fused-ring (bicyclic) bond motifs is 2. The second-order valence-corrected chi connectivity index (χ2v) is 9.73. The highest BCUT2D eigenvalue weighted by Gasteiger charge is 2.32. The lowest BCUT2D eigenvalue weighted by Gasteiger charge is -2.27. The van der Waals surface area contributed by atoms with Crippen LogP contribution in [0.5, 0.6) is 40.2 Å². The second-order valence-electron chi connectivity index (χ2n) is 9.73. The van der Waals surface area contributed by atoms with E-state index in [2.05, 4.69) is 0 Å². The smallest absolute Gasteiger partial charge is 0.197 e. The fourth-order valence-electron chi connectivity index (χ4n) is 5.17. The molecule has 1 atom stereocenters. The van der Waals surface area contributed by atoms with E-state index < -0.39 is 17.3 Å². The van der Waals surface area contributed by atoms with Crippen LogP contribution in [0, 0.1) is 0 Å². The zero-order valence-corrected chi connectivity index (χ0v) is 22.4. The molecule has 0 bridgehead atoms. The van der Waals surface area contributed by atoms with E-state index in [1.54, 1.807) is 30.3 Å². The molecule has 10 nitrogen and oxygen atoms in total. The molecule has 0 saturated heterocycles. The van der Waals surface area contributed by atoms with Crippen molar-refractivity contribution in [1.29, 1.82) is 0 Å². The molecule has 4 aromatic carbocycles. The lowest BCUT2D eigenvalue weighted by Crippen LogP contribution is -2.20. The Hall–Kier alpha value is -5.64. The van der Waals surface area contributed by atoms with Crippen LogP contribution in [0.2, 0.25) is 0 Å². The first-order valence-electron chi connectivity index (χ1n) is 12.8. The van der Waals surface area contributed by atoms with Gasteiger partial charge >= 0.3 is 0 Å². The molecule has 0 fully saturated rings. The predicted molar refractivity (Wildman–Crippen MR) is 152 cm³/mol. The van der Waals surface area contributed by atoms with Crippen molar-refractivity contribution in [3.05, 3.63) is 88.1 Å². The third-order valence-corrected chi connectivity index (χ3v) is 7.19. The minimum absolute atomic E-state index is 0.0270. The van der Waals surface area contributed by atoms with Crippen molar-refractivity contribution in [3.8, 4) is 62.7 Å². The SMILES string of the molecule is COc1cc(O)c2c(c1)O[C@@H](c1ccc(OC)c(-c3c(O)cc(O)c4c(=O)cc(-c5ccc(O)cc5)oc34)c1)CC2=O. The molecule has 2 heterocycles. The normalized spacial score (nSPS) is 14.3. The van der Waals surface area contributed by atoms with E-state index in [0.29, 0.717) is 28.2 Å². The molecule has 10 heteroatoms. The summed E-state index contributed by atoms with van der Waals surface area (Å²) in [5.41, 5.74) is 0.794. The summed E-state index contributed by atoms with van der Waals surface area (Å²) in [6, 6.07) is 16.1. The standard InChI is InChI=1S/C32H24O10/c1-39-18-10-20(34)30-23(37)13-27(41-28(30)11-18)16-5-8-25(40-2)19(9-16)29-21(35)12-22(36)31-24(38)14-26(42-32(29)31)15-3-6-17(33)7-4-15/h3-12,14,27,33-36H,13H2,1-2H3/t27-/m1/s1. The first-order chi connectivity index (χ1) is 20.2. The van der Waals surface area contributed by atoms with E-state index in [1.807, 2.05) is 0 Å². The number of hydrogen-bond acceptors (Lipinski definition) is 10. The molecule has 1 aromatic heterocycles. The van der Waals surface area contributed by atoms with Crippen LogP contribution in [0.4, 0.5) is 0 Å². The van der Waals surface area contributed by atoms with Gasteiger partial charge < -0.3 is 39.1 Å². The summed E-state index contributed by atoms with van der Waals surface area (Å²) in [7, 11) is 2.86. The highest BCUT2D eigenvalue weighted by Crippen LogP contribution is 2.47. The second kappa shape index (κ2) is 10.1. The Morgan fingerprint density at radius 2 is 1.52 bits per heavy atom. The molecule has 0 spiro atoms. The number of carbonyl (C=O) groups is 1. The molecule has 4 N–H and O–H groups in total. The van der Waals surface area contributed by atoms with Gasteiger partial charge in [-0.2, -0.15) is 0 Å². The summed E-state index contributed by atoms with van der Waals surface area (Å²) < 4.78 is 23.0. The average Bonchev–Trinajstić information content (AvgIpc) is 2.96. The quantitative estimate of drug-likeness (QED) is 0.208. The van der Waals surface area contributed by atoms with Crippen LogP contribution in [-0.4, -0.2) is 40.4 Å². The molecular formula is C32H24O10. The van der Waals surface area contributed by atoms with Crippen molar-refractivity contribution in [2.24, 2.45) is 0 Å². The van der Waals surface area contributed by atoms with Crippen LogP contribution in [0.3, 0.4) is 0 Å². The summed E-state index contributed by atoms with van der Waals surface area (Å²) in [5, 5.41) is 41.6. The summed E-state index contributed by atoms with van der Waals surface area (Å²) in [4.78, 5) is 26.2. The van der Waals surface area contributed by atoms with Gasteiger partial charge in [0.25, 0.3) is 0 Å². The van der Waals surface area contributed by atoms with Crippen molar-refractivity contribution in [2.45, 2.75) is 12.5 Å². The lowest BCUT2D eigenvalue weighted by atomic mass is 9.92. The topological polar surface area (TPSA) is 156 Å². The number of Topliss-reactive ketones (excluding diaryl/α,β-unsaturated/α-hetero) is 1. The van der Waals surface area contributed by atoms with Gasteiger partial charge in [0.15, 0.2) is 16.8 Å². The van der Waals surface area contributed by atoms with E-state index in [4.69, 9.17) is 18.6 Å². The Kier molecular flexibility index (Phi) is 6.38. The lowest BCUT2D eigenvalue weighted by molar-refractivity contribution is 0.0844. The van der Waals surface area contributed by atoms with Gasteiger partial charge in [-0.3, -0.25) is 9.59 Å². The molecule has 1 aliphatic heterocycles. The zero-order valence-electron chi connectivity index (χ0n) is 22.4. The number of rotatable bonds is 5. The molecular weight excluding hydrogens is 544 g/mol. The number of carbonyl (C=O) groups excluding carboxylic acids is 1. The predicted octanol–water partition coefficient (Wildman–Crippen LogP) is 5.67. The molecule has 0 aliphatic carbocycles. The van der Waals surface area contributed by atoms with Crippen LogP contribution >= 0.6 is 0 Å². The van der Waals surface area contributed by atoms with Gasteiger partial charge in [-0.25, -0.2) is 0 Å². The molecule has 42 heavy (non-hydrogen) atoms. The number of phenolic OH excluding ortho intramolecular Hbond substituents is 4. The van der Waals surface area contributed by atoms with E-state index in [9.17, 15) is 30.0 Å². The maximum atomic E-state index is 13.2. The molecule has 5 aromatic rings. The van der Waals surface area contributed by atoms with Crippen LogP contribution in [0.25, 0.3) is 33.4 Å². The molecule has 6 rings (SSSR count). The summed E-state index contributed by atoms with van der Waals surface area (Å²) in [6.07, 6.45) is -0.854. The van der Waals surface area contributed by atoms with Crippen LogP contribution < -0.4 is 19.6 Å². The van der Waals surface area contributed by atoms with E-state index in [-0.39, 0.29) is 63.1 Å². The van der Waals surface area contributed by atoms with Gasteiger partial charge in [-0.1, -0.05) is 6.07 Å². The zero-order chi connectivity index (χ0) is 29.7. The van der Waals surface area contributed by atoms with Gasteiger partial charge in [0.1, 0.15) is 63.1 Å². The first-order valence-corrected chi connectivity index (χ1v) is 12.8. The number of hydrogen-bond donors (Lipinski definition) is 4. The van der Waals surface area contributed by atoms with Crippen LogP contribution in [-0.2, 0) is 0 Å². The van der Waals surface area contributed by atoms with E-state index in [0.717, 1.165) is 6.07 Å². The fraction of sp³-hybridized carbons (Fsp3) is 0.125. The Bertz CT molecular complexity index is 1940. The third kappa shape index (κ3) is 4.39. The molecule has 0 radical (unpaired) electrons. The fourth-order valence-corrected chi connectivity index (χ4v) is 5.17. The average molecular weight is 569 g/mol. The summed E-state index contributed by atoms with van der Waals surface area (Å²) in [6.45, 7) is 0. The van der Waals surface area contributed by atoms with Gasteiger partial charge in [0.2, 0.25) is 0 Å². The molecule has 0 unspecified atom stereocenters.